The summed E-state index contributed by atoms with van der Waals surface area (Å²) >= 11 is 6.12. The smallest absolute Gasteiger partial charge is 0.192 e. The van der Waals surface area contributed by atoms with Gasteiger partial charge < -0.3 is 9.40 Å². The van der Waals surface area contributed by atoms with Gasteiger partial charge in [-0.3, -0.25) is 4.98 Å². The first-order valence-corrected chi connectivity index (χ1v) is 10.5. The first kappa shape index (κ1) is 20.1. The van der Waals surface area contributed by atoms with Crippen molar-refractivity contribution >= 4 is 34.5 Å². The Bertz CT molecular complexity index is 1440. The number of aryl methyl sites for hydroxylation is 1. The molecule has 0 aliphatic carbocycles. The van der Waals surface area contributed by atoms with Gasteiger partial charge in [-0.25, -0.2) is 14.5 Å². The minimum Gasteiger partial charge on any atom is -0.387 e. The Balaban J connectivity index is 1.43. The van der Waals surface area contributed by atoms with Crippen molar-refractivity contribution in [1.29, 1.82) is 0 Å². The summed E-state index contributed by atoms with van der Waals surface area (Å²) in [6.45, 7) is 5.03. The first-order chi connectivity index (χ1) is 15.6. The zero-order valence-corrected chi connectivity index (χ0v) is 18.4. The average Bonchev–Trinajstić information content (AvgIpc) is 3.33. The van der Waals surface area contributed by atoms with Gasteiger partial charge in [-0.1, -0.05) is 35.0 Å². The Kier molecular flexibility index (Phi) is 5.28. The third-order valence-corrected chi connectivity index (χ3v) is 5.79. The molecule has 5 rings (SSSR count). The van der Waals surface area contributed by atoms with Crippen LogP contribution in [0.15, 0.2) is 60.3 Å². The molecule has 0 aliphatic rings. The minimum absolute atomic E-state index is 0.139. The van der Waals surface area contributed by atoms with Gasteiger partial charge in [-0.05, 0) is 43.2 Å². The van der Waals surface area contributed by atoms with Crippen molar-refractivity contribution in [1.82, 2.24) is 29.1 Å². The molecule has 0 saturated carbocycles. The lowest BCUT2D eigenvalue weighted by atomic mass is 10.2. The monoisotopic (exact) mass is 445 g/mol. The molecule has 0 radical (unpaired) electrons. The van der Waals surface area contributed by atoms with E-state index in [0.717, 1.165) is 39.1 Å². The Morgan fingerprint density at radius 3 is 2.72 bits per heavy atom. The number of halogens is 1. The molecule has 4 heterocycles. The second kappa shape index (κ2) is 8.39. The summed E-state index contributed by atoms with van der Waals surface area (Å²) in [4.78, 5) is 18.9. The van der Waals surface area contributed by atoms with Gasteiger partial charge in [0.2, 0.25) is 0 Å². The van der Waals surface area contributed by atoms with Crippen molar-refractivity contribution < 1.29 is 4.84 Å². The summed E-state index contributed by atoms with van der Waals surface area (Å²) < 4.78 is 3.88. The van der Waals surface area contributed by atoms with Gasteiger partial charge in [0.05, 0.1) is 11.6 Å². The van der Waals surface area contributed by atoms with Crippen LogP contribution in [0.1, 0.15) is 28.2 Å². The number of hydrogen-bond donors (Lipinski definition) is 0. The zero-order chi connectivity index (χ0) is 22.1. The van der Waals surface area contributed by atoms with Gasteiger partial charge in [0, 0.05) is 35.2 Å². The number of nitrogens with zero attached hydrogens (tertiary/aromatic N) is 7. The number of rotatable bonds is 6. The number of fused-ring (bicyclic) bond motifs is 3. The second-order valence-corrected chi connectivity index (χ2v) is 7.83. The Morgan fingerprint density at radius 1 is 1.09 bits per heavy atom. The van der Waals surface area contributed by atoms with E-state index in [-0.39, 0.29) is 6.61 Å². The molecule has 160 valence electrons. The average molecular weight is 446 g/mol. The van der Waals surface area contributed by atoms with E-state index in [0.29, 0.717) is 17.4 Å². The molecule has 0 atom stereocenters. The lowest BCUT2D eigenvalue weighted by molar-refractivity contribution is 0.126. The molecule has 5 aromatic rings. The van der Waals surface area contributed by atoms with Crippen molar-refractivity contribution in [2.24, 2.45) is 5.16 Å². The van der Waals surface area contributed by atoms with Crippen LogP contribution in [0.2, 0.25) is 5.02 Å². The minimum atomic E-state index is 0.139. The molecular weight excluding hydrogens is 426 g/mol. The van der Waals surface area contributed by atoms with Crippen LogP contribution >= 0.6 is 11.6 Å². The maximum Gasteiger partial charge on any atom is 0.192 e. The normalized spacial score (nSPS) is 11.7. The predicted octanol–water partition coefficient (Wildman–Crippen LogP) is 4.34. The van der Waals surface area contributed by atoms with Gasteiger partial charge >= 0.3 is 0 Å². The highest BCUT2D eigenvalue weighted by molar-refractivity contribution is 6.33. The maximum atomic E-state index is 6.12. The highest BCUT2D eigenvalue weighted by atomic mass is 35.5. The Labute approximate surface area is 189 Å². The molecule has 0 bridgehead atoms. The van der Waals surface area contributed by atoms with Gasteiger partial charge in [-0.15, -0.1) is 5.10 Å². The van der Waals surface area contributed by atoms with Crippen LogP contribution in [0.4, 0.5) is 0 Å². The van der Waals surface area contributed by atoms with Gasteiger partial charge in [-0.2, -0.15) is 0 Å². The Morgan fingerprint density at radius 2 is 1.91 bits per heavy atom. The van der Waals surface area contributed by atoms with Crippen molar-refractivity contribution in [3.8, 4) is 0 Å². The number of aromatic nitrogens is 6. The predicted molar refractivity (Wildman–Crippen MR) is 123 cm³/mol. The van der Waals surface area contributed by atoms with E-state index in [1.165, 1.54) is 0 Å². The number of hydrogen-bond acceptors (Lipinski definition) is 6. The SMILES string of the molecule is Cc1c(C)n(Cc2ccncc2)c2ncn3nc(CON=Cc4ccccc4Cl)nc3c12. The summed E-state index contributed by atoms with van der Waals surface area (Å²) in [5, 5.41) is 10.1. The summed E-state index contributed by atoms with van der Waals surface area (Å²) in [6.07, 6.45) is 6.86. The van der Waals surface area contributed by atoms with Crippen LogP contribution in [-0.4, -0.2) is 35.3 Å². The number of pyridine rings is 1. The summed E-state index contributed by atoms with van der Waals surface area (Å²) in [5.74, 6) is 0.523. The standard InChI is InChI=1S/C23H20ClN7O/c1-15-16(2)30(12-17-7-9-25-10-8-17)22-21(15)23-28-20(29-31(23)14-26-22)13-32-27-11-18-5-3-4-6-19(18)24/h3-11,14H,12-13H2,1-2H3. The summed E-state index contributed by atoms with van der Waals surface area (Å²) in [5.41, 5.74) is 5.84. The quantitative estimate of drug-likeness (QED) is 0.287. The highest BCUT2D eigenvalue weighted by Gasteiger charge is 2.18. The molecule has 9 heteroatoms. The third kappa shape index (κ3) is 3.69. The van der Waals surface area contributed by atoms with Crippen molar-refractivity contribution in [2.75, 3.05) is 0 Å². The van der Waals surface area contributed by atoms with Crippen LogP contribution in [0.5, 0.6) is 0 Å². The van der Waals surface area contributed by atoms with E-state index in [1.54, 1.807) is 35.5 Å². The lowest BCUT2D eigenvalue weighted by Gasteiger charge is -2.07. The fraction of sp³-hybridized carbons (Fsp3) is 0.174. The van der Waals surface area contributed by atoms with Crippen molar-refractivity contribution in [2.45, 2.75) is 27.0 Å². The van der Waals surface area contributed by atoms with Crippen molar-refractivity contribution in [3.05, 3.63) is 88.4 Å². The Hall–Kier alpha value is -3.78. The second-order valence-electron chi connectivity index (χ2n) is 7.42. The topological polar surface area (TPSA) is 82.5 Å². The molecule has 0 amide bonds. The van der Waals surface area contributed by atoms with Gasteiger partial charge in [0.25, 0.3) is 0 Å². The fourth-order valence-electron chi connectivity index (χ4n) is 3.67. The van der Waals surface area contributed by atoms with Crippen LogP contribution in [0, 0.1) is 13.8 Å². The first-order valence-electron chi connectivity index (χ1n) is 10.1. The zero-order valence-electron chi connectivity index (χ0n) is 17.6. The maximum absolute atomic E-state index is 6.12. The lowest BCUT2D eigenvalue weighted by Crippen LogP contribution is -2.03. The fourth-order valence-corrected chi connectivity index (χ4v) is 3.85. The van der Waals surface area contributed by atoms with Crippen LogP contribution in [0.3, 0.4) is 0 Å². The van der Waals surface area contributed by atoms with E-state index in [4.69, 9.17) is 16.4 Å². The van der Waals surface area contributed by atoms with E-state index in [1.807, 2.05) is 30.3 Å². The molecule has 1 aromatic carbocycles. The van der Waals surface area contributed by atoms with Gasteiger partial charge in [0.1, 0.15) is 12.0 Å². The molecule has 0 saturated heterocycles. The third-order valence-electron chi connectivity index (χ3n) is 5.45. The molecule has 0 unspecified atom stereocenters. The molecule has 0 N–H and O–H groups in total. The number of benzene rings is 1. The molecular formula is C23H20ClN7O. The van der Waals surface area contributed by atoms with Crippen LogP contribution in [0.25, 0.3) is 16.7 Å². The van der Waals surface area contributed by atoms with E-state index in [2.05, 4.69) is 43.6 Å². The molecule has 4 aromatic heterocycles. The molecule has 0 fully saturated rings. The summed E-state index contributed by atoms with van der Waals surface area (Å²) in [6, 6.07) is 11.4. The molecule has 8 nitrogen and oxygen atoms in total. The van der Waals surface area contributed by atoms with E-state index < -0.39 is 0 Å². The highest BCUT2D eigenvalue weighted by Crippen LogP contribution is 2.27. The van der Waals surface area contributed by atoms with Gasteiger partial charge in [0.15, 0.2) is 18.1 Å². The largest absolute Gasteiger partial charge is 0.387 e. The van der Waals surface area contributed by atoms with Crippen LogP contribution in [-0.2, 0) is 18.0 Å². The van der Waals surface area contributed by atoms with E-state index in [9.17, 15) is 0 Å². The van der Waals surface area contributed by atoms with E-state index >= 15 is 0 Å². The summed E-state index contributed by atoms with van der Waals surface area (Å²) in [7, 11) is 0. The number of oxime groups is 1. The van der Waals surface area contributed by atoms with Crippen molar-refractivity contribution in [3.63, 3.8) is 0 Å². The molecule has 0 spiro atoms. The van der Waals surface area contributed by atoms with Crippen LogP contribution < -0.4 is 0 Å². The molecule has 32 heavy (non-hydrogen) atoms. The molecule has 0 aliphatic heterocycles.